The van der Waals surface area contributed by atoms with E-state index in [1.54, 1.807) is 6.20 Å². The number of hydrogen-bond acceptors (Lipinski definition) is 6. The van der Waals surface area contributed by atoms with Crippen LogP contribution in [0, 0.1) is 0 Å². The molecule has 0 aliphatic carbocycles. The molecule has 2 aromatic rings. The van der Waals surface area contributed by atoms with Crippen LogP contribution in [-0.2, 0) is 4.74 Å². The summed E-state index contributed by atoms with van der Waals surface area (Å²) in [6.07, 6.45) is 1.54. The molecule has 0 atom stereocenters. The predicted octanol–water partition coefficient (Wildman–Crippen LogP) is 1.97. The SMILES string of the molecule is COc1ncc(NC(=O)Nc2ccccc2)c(N2CCOCC2)n1. The molecule has 8 heteroatoms. The first kappa shape index (κ1) is 16.0. The fraction of sp³-hybridized carbons (Fsp3) is 0.312. The number of methoxy groups -OCH3 is 1. The molecule has 0 bridgehead atoms. The molecule has 24 heavy (non-hydrogen) atoms. The lowest BCUT2D eigenvalue weighted by Gasteiger charge is -2.29. The molecule has 0 unspecified atom stereocenters. The number of carbonyl (C=O) groups is 1. The number of benzene rings is 1. The van der Waals surface area contributed by atoms with Crippen LogP contribution in [0.1, 0.15) is 0 Å². The van der Waals surface area contributed by atoms with Gasteiger partial charge in [0.25, 0.3) is 0 Å². The van der Waals surface area contributed by atoms with Gasteiger partial charge in [-0.15, -0.1) is 0 Å². The van der Waals surface area contributed by atoms with Crippen molar-refractivity contribution >= 4 is 23.2 Å². The summed E-state index contributed by atoms with van der Waals surface area (Å²) >= 11 is 0. The van der Waals surface area contributed by atoms with Crippen molar-refractivity contribution in [3.8, 4) is 6.01 Å². The Morgan fingerprint density at radius 1 is 1.21 bits per heavy atom. The number of nitrogens with zero attached hydrogens (tertiary/aromatic N) is 3. The third kappa shape index (κ3) is 3.90. The van der Waals surface area contributed by atoms with Crippen LogP contribution in [0.5, 0.6) is 6.01 Å². The first-order valence-corrected chi connectivity index (χ1v) is 7.63. The highest BCUT2D eigenvalue weighted by atomic mass is 16.5. The normalized spacial score (nSPS) is 14.1. The first-order valence-electron chi connectivity index (χ1n) is 7.63. The number of rotatable bonds is 4. The lowest BCUT2D eigenvalue weighted by atomic mass is 10.3. The van der Waals surface area contributed by atoms with Gasteiger partial charge in [-0.25, -0.2) is 9.78 Å². The number of para-hydroxylation sites is 1. The molecule has 0 spiro atoms. The van der Waals surface area contributed by atoms with Gasteiger partial charge >= 0.3 is 12.0 Å². The molecule has 1 aliphatic rings. The number of morpholine rings is 1. The van der Waals surface area contributed by atoms with E-state index in [1.165, 1.54) is 7.11 Å². The number of urea groups is 1. The Kier molecular flexibility index (Phi) is 5.07. The molecule has 3 rings (SSSR count). The maximum Gasteiger partial charge on any atom is 0.323 e. The van der Waals surface area contributed by atoms with E-state index in [0.717, 1.165) is 0 Å². The molecular weight excluding hydrogens is 310 g/mol. The maximum atomic E-state index is 12.2. The summed E-state index contributed by atoms with van der Waals surface area (Å²) in [4.78, 5) is 22.7. The minimum absolute atomic E-state index is 0.255. The maximum absolute atomic E-state index is 12.2. The van der Waals surface area contributed by atoms with Gasteiger partial charge in [0.1, 0.15) is 5.69 Å². The van der Waals surface area contributed by atoms with Gasteiger partial charge in [0, 0.05) is 18.8 Å². The Hall–Kier alpha value is -2.87. The Morgan fingerprint density at radius 2 is 1.96 bits per heavy atom. The molecule has 1 aromatic heterocycles. The molecule has 1 fully saturated rings. The topological polar surface area (TPSA) is 88.6 Å². The van der Waals surface area contributed by atoms with E-state index >= 15 is 0 Å². The summed E-state index contributed by atoms with van der Waals surface area (Å²) < 4.78 is 10.5. The Balaban J connectivity index is 1.77. The van der Waals surface area contributed by atoms with Crippen molar-refractivity contribution in [2.45, 2.75) is 0 Å². The summed E-state index contributed by atoms with van der Waals surface area (Å²) in [6.45, 7) is 2.61. The average molecular weight is 329 g/mol. The summed E-state index contributed by atoms with van der Waals surface area (Å²) in [5.41, 5.74) is 1.23. The zero-order valence-electron chi connectivity index (χ0n) is 13.4. The third-order valence-corrected chi connectivity index (χ3v) is 3.52. The zero-order chi connectivity index (χ0) is 16.8. The molecule has 0 radical (unpaired) electrons. The molecule has 1 saturated heterocycles. The van der Waals surface area contributed by atoms with Crippen LogP contribution < -0.4 is 20.3 Å². The second-order valence-electron chi connectivity index (χ2n) is 5.14. The Bertz CT molecular complexity index is 689. The smallest absolute Gasteiger partial charge is 0.323 e. The van der Waals surface area contributed by atoms with Gasteiger partial charge < -0.3 is 25.0 Å². The van der Waals surface area contributed by atoms with Crippen LogP contribution in [0.3, 0.4) is 0 Å². The zero-order valence-corrected chi connectivity index (χ0v) is 13.4. The summed E-state index contributed by atoms with van der Waals surface area (Å²) in [5, 5.41) is 5.56. The monoisotopic (exact) mass is 329 g/mol. The van der Waals surface area contributed by atoms with Crippen molar-refractivity contribution in [3.63, 3.8) is 0 Å². The van der Waals surface area contributed by atoms with Gasteiger partial charge in [0.05, 0.1) is 26.5 Å². The predicted molar refractivity (Wildman–Crippen MR) is 90.7 cm³/mol. The first-order chi connectivity index (χ1) is 11.8. The number of nitrogens with one attached hydrogen (secondary N) is 2. The van der Waals surface area contributed by atoms with Crippen molar-refractivity contribution in [1.29, 1.82) is 0 Å². The molecule has 2 amide bonds. The van der Waals surface area contributed by atoms with Crippen LogP contribution in [0.15, 0.2) is 36.5 Å². The number of carbonyl (C=O) groups excluding carboxylic acids is 1. The van der Waals surface area contributed by atoms with Crippen molar-refractivity contribution in [2.75, 3.05) is 48.9 Å². The third-order valence-electron chi connectivity index (χ3n) is 3.52. The second kappa shape index (κ2) is 7.60. The van der Waals surface area contributed by atoms with Gasteiger partial charge in [0.2, 0.25) is 0 Å². The highest BCUT2D eigenvalue weighted by Crippen LogP contribution is 2.25. The van der Waals surface area contributed by atoms with Gasteiger partial charge in [-0.3, -0.25) is 0 Å². The summed E-state index contributed by atoms with van der Waals surface area (Å²) in [5.74, 6) is 0.619. The van der Waals surface area contributed by atoms with Gasteiger partial charge in [-0.2, -0.15) is 4.98 Å². The molecule has 2 N–H and O–H groups in total. The minimum Gasteiger partial charge on any atom is -0.467 e. The highest BCUT2D eigenvalue weighted by molar-refractivity contribution is 6.01. The van der Waals surface area contributed by atoms with E-state index in [4.69, 9.17) is 9.47 Å². The quantitative estimate of drug-likeness (QED) is 0.891. The number of anilines is 3. The van der Waals surface area contributed by atoms with E-state index in [1.807, 2.05) is 35.2 Å². The lowest BCUT2D eigenvalue weighted by molar-refractivity contribution is 0.122. The fourth-order valence-corrected chi connectivity index (χ4v) is 2.37. The lowest BCUT2D eigenvalue weighted by Crippen LogP contribution is -2.37. The summed E-state index contributed by atoms with van der Waals surface area (Å²) in [6, 6.07) is 9.11. The van der Waals surface area contributed by atoms with Crippen molar-refractivity contribution < 1.29 is 14.3 Å². The van der Waals surface area contributed by atoms with Crippen molar-refractivity contribution in [2.24, 2.45) is 0 Å². The molecule has 0 saturated carbocycles. The molecule has 126 valence electrons. The van der Waals surface area contributed by atoms with E-state index in [2.05, 4.69) is 20.6 Å². The fourth-order valence-electron chi connectivity index (χ4n) is 2.37. The highest BCUT2D eigenvalue weighted by Gasteiger charge is 2.19. The molecule has 1 aromatic carbocycles. The largest absolute Gasteiger partial charge is 0.467 e. The van der Waals surface area contributed by atoms with Crippen molar-refractivity contribution in [1.82, 2.24) is 9.97 Å². The van der Waals surface area contributed by atoms with E-state index in [9.17, 15) is 4.79 Å². The van der Waals surface area contributed by atoms with E-state index < -0.39 is 0 Å². The van der Waals surface area contributed by atoms with Gasteiger partial charge in [0.15, 0.2) is 5.82 Å². The number of aromatic nitrogens is 2. The number of hydrogen-bond donors (Lipinski definition) is 2. The van der Waals surface area contributed by atoms with Crippen LogP contribution in [0.4, 0.5) is 22.0 Å². The van der Waals surface area contributed by atoms with E-state index in [-0.39, 0.29) is 12.0 Å². The van der Waals surface area contributed by atoms with E-state index in [0.29, 0.717) is 43.5 Å². The molecular formula is C16H19N5O3. The average Bonchev–Trinajstić information content (AvgIpc) is 2.63. The van der Waals surface area contributed by atoms with Crippen LogP contribution >= 0.6 is 0 Å². The van der Waals surface area contributed by atoms with Gasteiger partial charge in [-0.1, -0.05) is 18.2 Å². The molecule has 8 nitrogen and oxygen atoms in total. The van der Waals surface area contributed by atoms with Crippen LogP contribution in [0.2, 0.25) is 0 Å². The number of amides is 2. The molecule has 2 heterocycles. The van der Waals surface area contributed by atoms with Crippen molar-refractivity contribution in [3.05, 3.63) is 36.5 Å². The summed E-state index contributed by atoms with van der Waals surface area (Å²) in [7, 11) is 1.51. The second-order valence-corrected chi connectivity index (χ2v) is 5.14. The van der Waals surface area contributed by atoms with Crippen LogP contribution in [-0.4, -0.2) is 49.4 Å². The number of ether oxygens (including phenoxy) is 2. The standard InChI is InChI=1S/C16H19N5O3/c1-23-16-17-11-13(14(20-16)21-7-9-24-10-8-21)19-15(22)18-12-5-3-2-4-6-12/h2-6,11H,7-10H2,1H3,(H2,18,19,22). The van der Waals surface area contributed by atoms with Gasteiger partial charge in [-0.05, 0) is 12.1 Å². The molecule has 1 aliphatic heterocycles. The Morgan fingerprint density at radius 3 is 2.67 bits per heavy atom. The van der Waals surface area contributed by atoms with Crippen LogP contribution in [0.25, 0.3) is 0 Å². The Labute approximate surface area is 139 Å². The minimum atomic E-state index is -0.357.